The van der Waals surface area contributed by atoms with E-state index in [1.165, 1.54) is 14.0 Å². The standard InChI is InChI=1S/C17H26N2O4/c1-6-18(7-2)17(21)10-11-19(13(3)20)15-9-8-14(22-4)12-16(15)23-5/h8-9,12H,6-7,10-11H2,1-5H3. The second-order valence-corrected chi connectivity index (χ2v) is 5.02. The van der Waals surface area contributed by atoms with Gasteiger partial charge in [-0.25, -0.2) is 0 Å². The molecule has 0 spiro atoms. The molecule has 0 unspecified atom stereocenters. The molecule has 0 N–H and O–H groups in total. The van der Waals surface area contributed by atoms with Crippen molar-refractivity contribution in [2.45, 2.75) is 27.2 Å². The summed E-state index contributed by atoms with van der Waals surface area (Å²) in [5.74, 6) is 1.08. The number of carbonyl (C=O) groups excluding carboxylic acids is 2. The largest absolute Gasteiger partial charge is 0.497 e. The smallest absolute Gasteiger partial charge is 0.224 e. The van der Waals surface area contributed by atoms with Gasteiger partial charge < -0.3 is 19.3 Å². The minimum absolute atomic E-state index is 0.0359. The van der Waals surface area contributed by atoms with Crippen molar-refractivity contribution < 1.29 is 19.1 Å². The van der Waals surface area contributed by atoms with E-state index in [0.29, 0.717) is 36.8 Å². The molecule has 128 valence electrons. The molecule has 1 rings (SSSR count). The van der Waals surface area contributed by atoms with E-state index in [9.17, 15) is 9.59 Å². The topological polar surface area (TPSA) is 59.1 Å². The highest BCUT2D eigenvalue weighted by atomic mass is 16.5. The maximum Gasteiger partial charge on any atom is 0.224 e. The van der Waals surface area contributed by atoms with Crippen LogP contribution in [0.5, 0.6) is 11.5 Å². The quantitative estimate of drug-likeness (QED) is 0.737. The molecule has 0 saturated heterocycles. The third-order valence-corrected chi connectivity index (χ3v) is 3.72. The molecule has 6 heteroatoms. The summed E-state index contributed by atoms with van der Waals surface area (Å²) < 4.78 is 10.5. The Morgan fingerprint density at radius 1 is 1.09 bits per heavy atom. The van der Waals surface area contributed by atoms with E-state index in [2.05, 4.69) is 0 Å². The van der Waals surface area contributed by atoms with E-state index < -0.39 is 0 Å². The summed E-state index contributed by atoms with van der Waals surface area (Å²) >= 11 is 0. The average molecular weight is 322 g/mol. The highest BCUT2D eigenvalue weighted by molar-refractivity contribution is 5.94. The monoisotopic (exact) mass is 322 g/mol. The van der Waals surface area contributed by atoms with Gasteiger partial charge >= 0.3 is 0 Å². The molecule has 0 fully saturated rings. The first-order chi connectivity index (χ1) is 11.0. The van der Waals surface area contributed by atoms with Crippen LogP contribution < -0.4 is 14.4 Å². The van der Waals surface area contributed by atoms with E-state index in [1.807, 2.05) is 13.8 Å². The van der Waals surface area contributed by atoms with Crippen LogP contribution in [0.15, 0.2) is 18.2 Å². The molecular weight excluding hydrogens is 296 g/mol. The van der Waals surface area contributed by atoms with E-state index in [1.54, 1.807) is 35.1 Å². The number of carbonyl (C=O) groups is 2. The zero-order valence-electron chi connectivity index (χ0n) is 14.6. The van der Waals surface area contributed by atoms with Gasteiger partial charge in [0.15, 0.2) is 0 Å². The molecule has 0 aromatic heterocycles. The molecule has 0 radical (unpaired) electrons. The van der Waals surface area contributed by atoms with Gasteiger partial charge in [0, 0.05) is 39.0 Å². The molecule has 0 aliphatic carbocycles. The summed E-state index contributed by atoms with van der Waals surface area (Å²) in [6, 6.07) is 5.25. The predicted molar refractivity (Wildman–Crippen MR) is 90.1 cm³/mol. The van der Waals surface area contributed by atoms with Gasteiger partial charge in [0.2, 0.25) is 11.8 Å². The first-order valence-electron chi connectivity index (χ1n) is 7.76. The number of methoxy groups -OCH3 is 2. The van der Waals surface area contributed by atoms with Crippen LogP contribution in [0.1, 0.15) is 27.2 Å². The Morgan fingerprint density at radius 3 is 2.22 bits per heavy atom. The van der Waals surface area contributed by atoms with Crippen molar-refractivity contribution in [3.05, 3.63) is 18.2 Å². The lowest BCUT2D eigenvalue weighted by atomic mass is 10.2. The summed E-state index contributed by atoms with van der Waals surface area (Å²) in [4.78, 5) is 27.5. The van der Waals surface area contributed by atoms with Gasteiger partial charge in [0.25, 0.3) is 0 Å². The van der Waals surface area contributed by atoms with Crippen molar-refractivity contribution in [3.63, 3.8) is 0 Å². The minimum atomic E-state index is -0.138. The third kappa shape index (κ3) is 4.87. The molecule has 0 saturated carbocycles. The molecule has 0 bridgehead atoms. The lowest BCUT2D eigenvalue weighted by Crippen LogP contribution is -2.36. The van der Waals surface area contributed by atoms with Crippen LogP contribution in [0.4, 0.5) is 5.69 Å². The summed E-state index contributed by atoms with van der Waals surface area (Å²) in [5, 5.41) is 0. The average Bonchev–Trinajstić information content (AvgIpc) is 2.55. The molecule has 0 aliphatic rings. The van der Waals surface area contributed by atoms with Crippen LogP contribution in [0.2, 0.25) is 0 Å². The molecular formula is C17H26N2O4. The molecule has 0 heterocycles. The van der Waals surface area contributed by atoms with Gasteiger partial charge in [0.05, 0.1) is 19.9 Å². The summed E-state index contributed by atoms with van der Waals surface area (Å²) in [6.45, 7) is 7.01. The minimum Gasteiger partial charge on any atom is -0.497 e. The Balaban J connectivity index is 2.95. The van der Waals surface area contributed by atoms with Crippen molar-refractivity contribution in [1.29, 1.82) is 0 Å². The van der Waals surface area contributed by atoms with Crippen LogP contribution in [-0.2, 0) is 9.59 Å². The number of nitrogens with zero attached hydrogens (tertiary/aromatic N) is 2. The summed E-state index contributed by atoms with van der Waals surface area (Å²) in [5.41, 5.74) is 0.633. The van der Waals surface area contributed by atoms with Gasteiger partial charge in [-0.05, 0) is 26.0 Å². The Morgan fingerprint density at radius 2 is 1.74 bits per heavy atom. The van der Waals surface area contributed by atoms with Gasteiger partial charge in [-0.3, -0.25) is 9.59 Å². The number of anilines is 1. The molecule has 0 aliphatic heterocycles. The fraction of sp³-hybridized carbons (Fsp3) is 0.529. The van der Waals surface area contributed by atoms with Crippen LogP contribution in [0.25, 0.3) is 0 Å². The van der Waals surface area contributed by atoms with Crippen LogP contribution in [0.3, 0.4) is 0 Å². The fourth-order valence-corrected chi connectivity index (χ4v) is 2.40. The van der Waals surface area contributed by atoms with E-state index in [-0.39, 0.29) is 18.2 Å². The Bertz CT molecular complexity index is 541. The van der Waals surface area contributed by atoms with Crippen molar-refractivity contribution >= 4 is 17.5 Å². The molecule has 1 aromatic rings. The summed E-state index contributed by atoms with van der Waals surface area (Å²) in [6.07, 6.45) is 0.274. The highest BCUT2D eigenvalue weighted by Gasteiger charge is 2.19. The lowest BCUT2D eigenvalue weighted by molar-refractivity contribution is -0.130. The number of amides is 2. The SMILES string of the molecule is CCN(CC)C(=O)CCN(C(C)=O)c1ccc(OC)cc1OC. The Labute approximate surface area is 138 Å². The fourth-order valence-electron chi connectivity index (χ4n) is 2.40. The maximum atomic E-state index is 12.2. The normalized spacial score (nSPS) is 10.1. The zero-order chi connectivity index (χ0) is 17.4. The third-order valence-electron chi connectivity index (χ3n) is 3.72. The zero-order valence-corrected chi connectivity index (χ0v) is 14.6. The first-order valence-corrected chi connectivity index (χ1v) is 7.76. The Kier molecular flexibility index (Phi) is 7.38. The predicted octanol–water partition coefficient (Wildman–Crippen LogP) is 2.32. The molecule has 23 heavy (non-hydrogen) atoms. The number of benzene rings is 1. The maximum absolute atomic E-state index is 12.2. The Hall–Kier alpha value is -2.24. The van der Waals surface area contributed by atoms with Gasteiger partial charge in [-0.1, -0.05) is 0 Å². The first kappa shape index (κ1) is 18.8. The van der Waals surface area contributed by atoms with Crippen molar-refractivity contribution in [3.8, 4) is 11.5 Å². The number of ether oxygens (including phenoxy) is 2. The molecule has 1 aromatic carbocycles. The van der Waals surface area contributed by atoms with Crippen LogP contribution >= 0.6 is 0 Å². The van der Waals surface area contributed by atoms with Gasteiger partial charge in [0.1, 0.15) is 11.5 Å². The second kappa shape index (κ2) is 9.02. The van der Waals surface area contributed by atoms with Gasteiger partial charge in [-0.15, -0.1) is 0 Å². The summed E-state index contributed by atoms with van der Waals surface area (Å²) in [7, 11) is 3.11. The number of rotatable bonds is 8. The van der Waals surface area contributed by atoms with Crippen molar-refractivity contribution in [1.82, 2.24) is 4.90 Å². The second-order valence-electron chi connectivity index (χ2n) is 5.02. The highest BCUT2D eigenvalue weighted by Crippen LogP contribution is 2.32. The van der Waals surface area contributed by atoms with Gasteiger partial charge in [-0.2, -0.15) is 0 Å². The van der Waals surface area contributed by atoms with E-state index >= 15 is 0 Å². The van der Waals surface area contributed by atoms with Crippen LogP contribution in [-0.4, -0.2) is 50.6 Å². The molecule has 0 atom stereocenters. The number of hydrogen-bond donors (Lipinski definition) is 0. The molecule has 6 nitrogen and oxygen atoms in total. The lowest BCUT2D eigenvalue weighted by Gasteiger charge is -2.25. The van der Waals surface area contributed by atoms with Crippen molar-refractivity contribution in [2.75, 3.05) is 38.8 Å². The van der Waals surface area contributed by atoms with Crippen molar-refractivity contribution in [2.24, 2.45) is 0 Å². The van der Waals surface area contributed by atoms with E-state index in [4.69, 9.17) is 9.47 Å². The van der Waals surface area contributed by atoms with Crippen LogP contribution in [0, 0.1) is 0 Å². The van der Waals surface area contributed by atoms with E-state index in [0.717, 1.165) is 0 Å². The number of hydrogen-bond acceptors (Lipinski definition) is 4. The molecule has 2 amide bonds.